The summed E-state index contributed by atoms with van der Waals surface area (Å²) in [5.74, 6) is -0.872. The lowest BCUT2D eigenvalue weighted by Gasteiger charge is -2.50. The second kappa shape index (κ2) is 6.38. The Hall–Kier alpha value is -1.04. The van der Waals surface area contributed by atoms with Crippen LogP contribution in [0, 0.1) is 11.6 Å². The number of benzene rings is 1. The standard InChI is InChI=1S/C16H23F2N3/c1-2-19-15(10-12-13(17)4-3-5-14(12)18)16-11-20-6-8-21(16)9-7-20/h3-5,15-16,19H,2,6-11H2,1H3. The van der Waals surface area contributed by atoms with Gasteiger partial charge in [0.05, 0.1) is 0 Å². The highest BCUT2D eigenvalue weighted by molar-refractivity contribution is 5.21. The first-order valence-electron chi connectivity index (χ1n) is 7.81. The molecular formula is C16H23F2N3. The highest BCUT2D eigenvalue weighted by Gasteiger charge is 2.36. The van der Waals surface area contributed by atoms with Crippen LogP contribution in [0.1, 0.15) is 12.5 Å². The zero-order chi connectivity index (χ0) is 14.8. The predicted octanol–water partition coefficient (Wildman–Crippen LogP) is 1.49. The molecule has 5 heteroatoms. The first-order valence-corrected chi connectivity index (χ1v) is 7.81. The van der Waals surface area contributed by atoms with Crippen molar-refractivity contribution in [3.63, 3.8) is 0 Å². The van der Waals surface area contributed by atoms with Crippen molar-refractivity contribution in [2.24, 2.45) is 0 Å². The summed E-state index contributed by atoms with van der Waals surface area (Å²) in [5, 5.41) is 3.44. The van der Waals surface area contributed by atoms with E-state index in [0.717, 1.165) is 39.3 Å². The average molecular weight is 295 g/mol. The number of rotatable bonds is 5. The average Bonchev–Trinajstić information content (AvgIpc) is 2.51. The molecule has 1 N–H and O–H groups in total. The van der Waals surface area contributed by atoms with Gasteiger partial charge in [0.2, 0.25) is 0 Å². The van der Waals surface area contributed by atoms with Crippen LogP contribution in [-0.4, -0.2) is 61.2 Å². The van der Waals surface area contributed by atoms with Gasteiger partial charge in [-0.15, -0.1) is 0 Å². The normalized spacial score (nSPS) is 29.6. The van der Waals surface area contributed by atoms with Gasteiger partial charge in [0.1, 0.15) is 11.6 Å². The van der Waals surface area contributed by atoms with Crippen molar-refractivity contribution in [3.05, 3.63) is 35.4 Å². The molecule has 0 saturated carbocycles. The van der Waals surface area contributed by atoms with Crippen LogP contribution in [0.3, 0.4) is 0 Å². The van der Waals surface area contributed by atoms with Crippen LogP contribution in [0.2, 0.25) is 0 Å². The number of hydrogen-bond acceptors (Lipinski definition) is 3. The highest BCUT2D eigenvalue weighted by atomic mass is 19.1. The molecule has 0 amide bonds. The first-order chi connectivity index (χ1) is 10.2. The Morgan fingerprint density at radius 3 is 2.38 bits per heavy atom. The Bertz CT molecular complexity index is 466. The van der Waals surface area contributed by atoms with Crippen molar-refractivity contribution < 1.29 is 8.78 Å². The van der Waals surface area contributed by atoms with Crippen LogP contribution < -0.4 is 5.32 Å². The number of halogens is 2. The van der Waals surface area contributed by atoms with Crippen LogP contribution in [0.5, 0.6) is 0 Å². The fourth-order valence-electron chi connectivity index (χ4n) is 3.59. The molecule has 0 aromatic heterocycles. The Morgan fingerprint density at radius 2 is 1.86 bits per heavy atom. The third kappa shape index (κ3) is 3.10. The Labute approximate surface area is 124 Å². The van der Waals surface area contributed by atoms with E-state index in [0.29, 0.717) is 12.5 Å². The van der Waals surface area contributed by atoms with Crippen molar-refractivity contribution in [3.8, 4) is 0 Å². The minimum atomic E-state index is -0.436. The van der Waals surface area contributed by atoms with Gasteiger partial charge in [0.15, 0.2) is 0 Å². The zero-order valence-electron chi connectivity index (χ0n) is 12.5. The molecule has 2 atom stereocenters. The molecular weight excluding hydrogens is 272 g/mol. The van der Waals surface area contributed by atoms with Crippen molar-refractivity contribution in [2.75, 3.05) is 39.3 Å². The van der Waals surface area contributed by atoms with Crippen LogP contribution in [0.15, 0.2) is 18.2 Å². The minimum absolute atomic E-state index is 0.0875. The molecule has 1 aromatic carbocycles. The minimum Gasteiger partial charge on any atom is -0.312 e. The predicted molar refractivity (Wildman–Crippen MR) is 79.3 cm³/mol. The molecule has 3 nitrogen and oxygen atoms in total. The molecule has 116 valence electrons. The second-order valence-corrected chi connectivity index (χ2v) is 5.97. The lowest BCUT2D eigenvalue weighted by atomic mass is 9.94. The fourth-order valence-corrected chi connectivity index (χ4v) is 3.59. The molecule has 0 aliphatic carbocycles. The lowest BCUT2D eigenvalue weighted by Crippen LogP contribution is -2.66. The molecule has 3 aliphatic rings. The third-order valence-corrected chi connectivity index (χ3v) is 4.74. The maximum Gasteiger partial charge on any atom is 0.129 e. The molecule has 2 unspecified atom stereocenters. The molecule has 0 spiro atoms. The highest BCUT2D eigenvalue weighted by Crippen LogP contribution is 2.22. The number of fused-ring (bicyclic) bond motifs is 3. The van der Waals surface area contributed by atoms with Gasteiger partial charge >= 0.3 is 0 Å². The van der Waals surface area contributed by atoms with Gasteiger partial charge in [-0.3, -0.25) is 9.80 Å². The van der Waals surface area contributed by atoms with Gasteiger partial charge in [-0.25, -0.2) is 8.78 Å². The molecule has 4 rings (SSSR count). The van der Waals surface area contributed by atoms with E-state index >= 15 is 0 Å². The second-order valence-electron chi connectivity index (χ2n) is 5.97. The van der Waals surface area contributed by atoms with Crippen molar-refractivity contribution in [1.29, 1.82) is 0 Å². The summed E-state index contributed by atoms with van der Waals surface area (Å²) in [4.78, 5) is 4.92. The molecule has 3 fully saturated rings. The molecule has 3 aliphatic heterocycles. The van der Waals surface area contributed by atoms with Crippen molar-refractivity contribution in [1.82, 2.24) is 15.1 Å². The Kier molecular flexibility index (Phi) is 4.52. The number of likely N-dealkylation sites (N-methyl/N-ethyl adjacent to an activating group) is 1. The summed E-state index contributed by atoms with van der Waals surface area (Å²) >= 11 is 0. The van der Waals surface area contributed by atoms with E-state index in [1.54, 1.807) is 0 Å². The first kappa shape index (κ1) is 14.9. The van der Waals surface area contributed by atoms with Crippen LogP contribution in [0.4, 0.5) is 8.78 Å². The maximum atomic E-state index is 13.9. The van der Waals surface area contributed by atoms with Crippen LogP contribution >= 0.6 is 0 Å². The van der Waals surface area contributed by atoms with Gasteiger partial charge < -0.3 is 5.32 Å². The molecule has 2 bridgehead atoms. The number of nitrogens with zero attached hydrogens (tertiary/aromatic N) is 2. The van der Waals surface area contributed by atoms with Gasteiger partial charge in [-0.05, 0) is 25.1 Å². The van der Waals surface area contributed by atoms with E-state index in [2.05, 4.69) is 15.1 Å². The van der Waals surface area contributed by atoms with Gasteiger partial charge in [-0.2, -0.15) is 0 Å². The largest absolute Gasteiger partial charge is 0.312 e. The van der Waals surface area contributed by atoms with E-state index in [1.165, 1.54) is 18.2 Å². The molecule has 0 radical (unpaired) electrons. The zero-order valence-corrected chi connectivity index (χ0v) is 12.5. The summed E-state index contributed by atoms with van der Waals surface area (Å²) in [6, 6.07) is 4.54. The fraction of sp³-hybridized carbons (Fsp3) is 0.625. The van der Waals surface area contributed by atoms with Gasteiger partial charge in [-0.1, -0.05) is 13.0 Å². The number of nitrogens with one attached hydrogen (secondary N) is 1. The molecule has 3 saturated heterocycles. The summed E-state index contributed by atoms with van der Waals surface area (Å²) in [6.07, 6.45) is 0.404. The summed E-state index contributed by atoms with van der Waals surface area (Å²) in [6.45, 7) is 8.20. The monoisotopic (exact) mass is 295 g/mol. The van der Waals surface area contributed by atoms with E-state index in [1.807, 2.05) is 6.92 Å². The lowest BCUT2D eigenvalue weighted by molar-refractivity contribution is -0.00310. The Morgan fingerprint density at radius 1 is 1.19 bits per heavy atom. The Balaban J connectivity index is 1.78. The number of piperazine rings is 3. The molecule has 1 aromatic rings. The molecule has 21 heavy (non-hydrogen) atoms. The quantitative estimate of drug-likeness (QED) is 0.888. The summed E-state index contributed by atoms with van der Waals surface area (Å²) in [7, 11) is 0. The maximum absolute atomic E-state index is 13.9. The van der Waals surface area contributed by atoms with Gasteiger partial charge in [0, 0.05) is 50.4 Å². The van der Waals surface area contributed by atoms with E-state index < -0.39 is 11.6 Å². The smallest absolute Gasteiger partial charge is 0.129 e. The van der Waals surface area contributed by atoms with Gasteiger partial charge in [0.25, 0.3) is 0 Å². The summed E-state index contributed by atoms with van der Waals surface area (Å²) < 4.78 is 27.8. The SMILES string of the molecule is CCNC(Cc1c(F)cccc1F)C1CN2CCN1CC2. The van der Waals surface area contributed by atoms with E-state index in [-0.39, 0.29) is 11.6 Å². The van der Waals surface area contributed by atoms with Crippen molar-refractivity contribution >= 4 is 0 Å². The number of hydrogen-bond donors (Lipinski definition) is 1. The van der Waals surface area contributed by atoms with Crippen LogP contribution in [-0.2, 0) is 6.42 Å². The van der Waals surface area contributed by atoms with Crippen molar-refractivity contribution in [2.45, 2.75) is 25.4 Å². The topological polar surface area (TPSA) is 18.5 Å². The summed E-state index contributed by atoms with van der Waals surface area (Å²) in [5.41, 5.74) is 0.209. The van der Waals surface area contributed by atoms with Crippen LogP contribution in [0.25, 0.3) is 0 Å². The third-order valence-electron chi connectivity index (χ3n) is 4.74. The molecule has 3 heterocycles. The van der Waals surface area contributed by atoms with E-state index in [4.69, 9.17) is 0 Å². The van der Waals surface area contributed by atoms with E-state index in [9.17, 15) is 8.78 Å².